The van der Waals surface area contributed by atoms with Crippen molar-refractivity contribution >= 4 is 17.3 Å². The molecule has 16 heavy (non-hydrogen) atoms. The van der Waals surface area contributed by atoms with E-state index in [-0.39, 0.29) is 5.82 Å². The van der Waals surface area contributed by atoms with Gasteiger partial charge in [0.25, 0.3) is 0 Å². The molecule has 1 aromatic carbocycles. The maximum atomic E-state index is 13.1. The van der Waals surface area contributed by atoms with E-state index < -0.39 is 0 Å². The van der Waals surface area contributed by atoms with Crippen LogP contribution < -0.4 is 4.90 Å². The van der Waals surface area contributed by atoms with E-state index in [2.05, 4.69) is 9.97 Å². The summed E-state index contributed by atoms with van der Waals surface area (Å²) in [5.74, 6) is -0.334. The van der Waals surface area contributed by atoms with Crippen LogP contribution >= 0.6 is 11.6 Å². The van der Waals surface area contributed by atoms with Gasteiger partial charge in [0, 0.05) is 24.0 Å². The van der Waals surface area contributed by atoms with Gasteiger partial charge >= 0.3 is 0 Å². The fraction of sp³-hybridized carbons (Fsp3) is 0.182. The minimum absolute atomic E-state index is 0.334. The van der Waals surface area contributed by atoms with Gasteiger partial charge in [-0.1, -0.05) is 11.6 Å². The molecular formula is C11H11ClFN3. The third kappa shape index (κ3) is 2.52. The smallest absolute Gasteiger partial charge is 0.126 e. The molecule has 0 bridgehead atoms. The first-order chi connectivity index (χ1) is 7.65. The van der Waals surface area contributed by atoms with Gasteiger partial charge in [-0.25, -0.2) is 9.37 Å². The third-order valence-electron chi connectivity index (χ3n) is 2.25. The Balaban J connectivity index is 2.17. The van der Waals surface area contributed by atoms with Crippen molar-refractivity contribution < 1.29 is 4.39 Å². The number of rotatable bonds is 3. The molecule has 1 aromatic heterocycles. The monoisotopic (exact) mass is 239 g/mol. The Hall–Kier alpha value is -1.55. The molecule has 0 unspecified atom stereocenters. The number of nitrogens with one attached hydrogen (secondary N) is 1. The summed E-state index contributed by atoms with van der Waals surface area (Å²) in [4.78, 5) is 8.80. The molecule has 0 spiro atoms. The lowest BCUT2D eigenvalue weighted by Crippen LogP contribution is -2.16. The molecule has 0 aliphatic rings. The van der Waals surface area contributed by atoms with Gasteiger partial charge in [-0.3, -0.25) is 0 Å². The molecule has 0 aliphatic carbocycles. The first-order valence-electron chi connectivity index (χ1n) is 4.79. The van der Waals surface area contributed by atoms with Crippen molar-refractivity contribution in [3.05, 3.63) is 47.3 Å². The van der Waals surface area contributed by atoms with Gasteiger partial charge < -0.3 is 9.88 Å². The van der Waals surface area contributed by atoms with Gasteiger partial charge in [-0.05, 0) is 18.2 Å². The minimum atomic E-state index is -0.334. The number of aromatic nitrogens is 2. The largest absolute Gasteiger partial charge is 0.369 e. The molecule has 2 rings (SSSR count). The standard InChI is InChI=1S/C11H11ClFN3/c1-16(6-10-5-14-7-15-10)11-3-8(12)2-9(13)4-11/h2-5,7H,6H2,1H3,(H,14,15). The van der Waals surface area contributed by atoms with Gasteiger partial charge in [-0.2, -0.15) is 0 Å². The Morgan fingerprint density at radius 2 is 2.25 bits per heavy atom. The zero-order chi connectivity index (χ0) is 11.5. The van der Waals surface area contributed by atoms with Gasteiger partial charge in [0.2, 0.25) is 0 Å². The number of benzene rings is 1. The number of halogens is 2. The van der Waals surface area contributed by atoms with Crippen molar-refractivity contribution in [2.24, 2.45) is 0 Å². The Kier molecular flexibility index (Phi) is 3.10. The molecular weight excluding hydrogens is 229 g/mol. The predicted octanol–water partition coefficient (Wildman–Crippen LogP) is 2.84. The molecule has 0 saturated carbocycles. The molecule has 0 radical (unpaired) electrons. The molecule has 2 aromatic rings. The van der Waals surface area contributed by atoms with E-state index in [0.717, 1.165) is 11.4 Å². The normalized spacial score (nSPS) is 10.4. The lowest BCUT2D eigenvalue weighted by molar-refractivity contribution is 0.627. The molecule has 1 heterocycles. The first kappa shape index (κ1) is 11.0. The Bertz CT molecular complexity index is 450. The van der Waals surface area contributed by atoms with Crippen LogP contribution in [0.1, 0.15) is 5.69 Å². The molecule has 0 amide bonds. The van der Waals surface area contributed by atoms with Crippen molar-refractivity contribution in [3.8, 4) is 0 Å². The van der Waals surface area contributed by atoms with Gasteiger partial charge in [0.15, 0.2) is 0 Å². The zero-order valence-electron chi connectivity index (χ0n) is 8.74. The average molecular weight is 240 g/mol. The van der Waals surface area contributed by atoms with Crippen LogP contribution in [-0.2, 0) is 6.54 Å². The van der Waals surface area contributed by atoms with Gasteiger partial charge in [0.1, 0.15) is 5.82 Å². The third-order valence-corrected chi connectivity index (χ3v) is 2.47. The Labute approximate surface area is 97.9 Å². The number of imidazole rings is 1. The fourth-order valence-corrected chi connectivity index (χ4v) is 1.69. The van der Waals surface area contributed by atoms with Crippen LogP contribution in [0.2, 0.25) is 5.02 Å². The number of H-pyrrole nitrogens is 1. The quantitative estimate of drug-likeness (QED) is 0.893. The lowest BCUT2D eigenvalue weighted by Gasteiger charge is -2.18. The van der Waals surface area contributed by atoms with Crippen molar-refractivity contribution in [3.63, 3.8) is 0 Å². The van der Waals surface area contributed by atoms with Crippen LogP contribution in [0.5, 0.6) is 0 Å². The van der Waals surface area contributed by atoms with E-state index in [9.17, 15) is 4.39 Å². The molecule has 84 valence electrons. The summed E-state index contributed by atoms with van der Waals surface area (Å²) in [6.07, 6.45) is 3.35. The van der Waals surface area contributed by atoms with Crippen molar-refractivity contribution in [1.29, 1.82) is 0 Å². The second-order valence-corrected chi connectivity index (χ2v) is 4.00. The van der Waals surface area contributed by atoms with E-state index in [1.54, 1.807) is 18.6 Å². The highest BCUT2D eigenvalue weighted by Gasteiger charge is 2.05. The highest BCUT2D eigenvalue weighted by atomic mass is 35.5. The summed E-state index contributed by atoms with van der Waals surface area (Å²) in [6, 6.07) is 4.46. The van der Waals surface area contributed by atoms with Crippen LogP contribution in [0.15, 0.2) is 30.7 Å². The first-order valence-corrected chi connectivity index (χ1v) is 5.17. The average Bonchev–Trinajstić information content (AvgIpc) is 2.68. The molecule has 0 fully saturated rings. The maximum Gasteiger partial charge on any atom is 0.126 e. The van der Waals surface area contributed by atoms with Crippen LogP contribution in [0.25, 0.3) is 0 Å². The number of nitrogens with zero attached hydrogens (tertiary/aromatic N) is 2. The maximum absolute atomic E-state index is 13.1. The highest BCUT2D eigenvalue weighted by molar-refractivity contribution is 6.30. The number of hydrogen-bond donors (Lipinski definition) is 1. The number of hydrogen-bond acceptors (Lipinski definition) is 2. The van der Waals surface area contributed by atoms with Crippen molar-refractivity contribution in [2.75, 3.05) is 11.9 Å². The summed E-state index contributed by atoms with van der Waals surface area (Å²) in [6.45, 7) is 0.625. The minimum Gasteiger partial charge on any atom is -0.369 e. The second-order valence-electron chi connectivity index (χ2n) is 3.56. The van der Waals surface area contributed by atoms with E-state index in [1.165, 1.54) is 12.1 Å². The number of aromatic amines is 1. The number of anilines is 1. The lowest BCUT2D eigenvalue weighted by atomic mass is 10.3. The topological polar surface area (TPSA) is 31.9 Å². The summed E-state index contributed by atoms with van der Waals surface area (Å²) < 4.78 is 13.1. The highest BCUT2D eigenvalue weighted by Crippen LogP contribution is 2.21. The van der Waals surface area contributed by atoms with Gasteiger partial charge in [-0.15, -0.1) is 0 Å². The summed E-state index contributed by atoms with van der Waals surface area (Å²) in [5.41, 5.74) is 1.70. The second kappa shape index (κ2) is 4.53. The van der Waals surface area contributed by atoms with E-state index in [4.69, 9.17) is 11.6 Å². The molecule has 0 aliphatic heterocycles. The zero-order valence-corrected chi connectivity index (χ0v) is 9.50. The van der Waals surface area contributed by atoms with E-state index >= 15 is 0 Å². The van der Waals surface area contributed by atoms with Crippen molar-refractivity contribution in [1.82, 2.24) is 9.97 Å². The molecule has 5 heteroatoms. The SMILES string of the molecule is CN(Cc1cnc[nH]1)c1cc(F)cc(Cl)c1. The predicted molar refractivity (Wildman–Crippen MR) is 62.1 cm³/mol. The fourth-order valence-electron chi connectivity index (χ4n) is 1.48. The van der Waals surface area contributed by atoms with Gasteiger partial charge in [0.05, 0.1) is 18.6 Å². The summed E-state index contributed by atoms with van der Waals surface area (Å²) in [7, 11) is 1.87. The summed E-state index contributed by atoms with van der Waals surface area (Å²) >= 11 is 5.79. The summed E-state index contributed by atoms with van der Waals surface area (Å²) in [5, 5.41) is 0.395. The van der Waals surface area contributed by atoms with Crippen LogP contribution in [-0.4, -0.2) is 17.0 Å². The van der Waals surface area contributed by atoms with Crippen LogP contribution in [0, 0.1) is 5.82 Å². The molecule has 1 N–H and O–H groups in total. The van der Waals surface area contributed by atoms with Crippen LogP contribution in [0.3, 0.4) is 0 Å². The van der Waals surface area contributed by atoms with E-state index in [0.29, 0.717) is 11.6 Å². The van der Waals surface area contributed by atoms with E-state index in [1.807, 2.05) is 11.9 Å². The molecule has 3 nitrogen and oxygen atoms in total. The molecule has 0 atom stereocenters. The van der Waals surface area contributed by atoms with Crippen molar-refractivity contribution in [2.45, 2.75) is 6.54 Å². The Morgan fingerprint density at radius 1 is 1.44 bits per heavy atom. The Morgan fingerprint density at radius 3 is 2.88 bits per heavy atom. The molecule has 0 saturated heterocycles. The van der Waals surface area contributed by atoms with Crippen LogP contribution in [0.4, 0.5) is 10.1 Å².